The first-order valence-corrected chi connectivity index (χ1v) is 5.80. The van der Waals surface area contributed by atoms with Crippen molar-refractivity contribution < 1.29 is 19.1 Å². The second-order valence-corrected chi connectivity index (χ2v) is 3.57. The van der Waals surface area contributed by atoms with Crippen molar-refractivity contribution in [2.45, 2.75) is 6.04 Å². The normalized spacial score (nSPS) is 10.0. The second-order valence-electron chi connectivity index (χ2n) is 2.42. The summed E-state index contributed by atoms with van der Waals surface area (Å²) in [6.45, 7) is 4.06. The molecule has 0 bridgehead atoms. The predicted molar refractivity (Wildman–Crippen MR) is 52.1 cm³/mol. The molecule has 5 nitrogen and oxygen atoms in total. The minimum Gasteiger partial charge on any atom is -0.459 e. The number of carbonyl (C=O) groups excluding carboxylic acids is 1. The first-order valence-electron chi connectivity index (χ1n) is 4.17. The third-order valence-electron chi connectivity index (χ3n) is 1.29. The standard InChI is InChI=1S/C8H13NO4Si/c1-7(6-9)8(10)13-3-2-12-4-5-14-11/h11H,1-5,14H2. The quantitative estimate of drug-likeness (QED) is 0.196. The third kappa shape index (κ3) is 6.36. The van der Waals surface area contributed by atoms with Crippen LogP contribution in [0.5, 0.6) is 0 Å². The highest BCUT2D eigenvalue weighted by molar-refractivity contribution is 6.25. The lowest BCUT2D eigenvalue weighted by atomic mass is 10.3. The van der Waals surface area contributed by atoms with Crippen molar-refractivity contribution in [3.63, 3.8) is 0 Å². The van der Waals surface area contributed by atoms with E-state index >= 15 is 0 Å². The summed E-state index contributed by atoms with van der Waals surface area (Å²) < 4.78 is 9.66. The number of nitriles is 1. The minimum absolute atomic E-state index is 0.104. The van der Waals surface area contributed by atoms with Crippen LogP contribution in [-0.2, 0) is 14.3 Å². The molecular formula is C8H13NO4Si. The van der Waals surface area contributed by atoms with Crippen molar-refractivity contribution in [3.05, 3.63) is 12.2 Å². The van der Waals surface area contributed by atoms with E-state index in [1.165, 1.54) is 0 Å². The summed E-state index contributed by atoms with van der Waals surface area (Å²) in [5, 5.41) is 8.27. The van der Waals surface area contributed by atoms with Crippen LogP contribution in [0.25, 0.3) is 0 Å². The molecule has 0 rings (SSSR count). The number of esters is 1. The molecule has 0 radical (unpaired) electrons. The fraction of sp³-hybridized carbons (Fsp3) is 0.500. The Hall–Kier alpha value is -1.16. The topological polar surface area (TPSA) is 79.6 Å². The minimum atomic E-state index is -0.942. The Labute approximate surface area is 84.9 Å². The number of ether oxygens (including phenoxy) is 2. The molecular weight excluding hydrogens is 202 g/mol. The number of carbonyl (C=O) groups is 1. The monoisotopic (exact) mass is 215 g/mol. The highest BCUT2D eigenvalue weighted by atomic mass is 28.2. The Kier molecular flexibility index (Phi) is 7.73. The van der Waals surface area contributed by atoms with Crippen LogP contribution in [0.2, 0.25) is 6.04 Å². The van der Waals surface area contributed by atoms with Crippen molar-refractivity contribution >= 4 is 15.7 Å². The fourth-order valence-electron chi connectivity index (χ4n) is 0.595. The SMILES string of the molecule is C=C(C#N)C(=O)OCCOCC[SiH2]O. The van der Waals surface area contributed by atoms with Crippen LogP contribution in [0.4, 0.5) is 0 Å². The van der Waals surface area contributed by atoms with Crippen LogP contribution in [-0.4, -0.2) is 40.3 Å². The van der Waals surface area contributed by atoms with E-state index in [0.29, 0.717) is 12.7 Å². The molecule has 6 heteroatoms. The summed E-state index contributed by atoms with van der Waals surface area (Å²) in [7, 11) is -0.942. The van der Waals surface area contributed by atoms with Gasteiger partial charge in [0, 0.05) is 6.61 Å². The second kappa shape index (κ2) is 8.44. The molecule has 0 aliphatic rings. The van der Waals surface area contributed by atoms with Gasteiger partial charge in [0.05, 0.1) is 6.61 Å². The lowest BCUT2D eigenvalue weighted by molar-refractivity contribution is -0.140. The summed E-state index contributed by atoms with van der Waals surface area (Å²) in [6, 6.07) is 2.28. The third-order valence-corrected chi connectivity index (χ3v) is 1.89. The van der Waals surface area contributed by atoms with Crippen LogP contribution in [0.1, 0.15) is 0 Å². The predicted octanol–water partition coefficient (Wildman–Crippen LogP) is -0.880. The molecule has 78 valence electrons. The van der Waals surface area contributed by atoms with Gasteiger partial charge in [0.1, 0.15) is 18.2 Å². The molecule has 0 amide bonds. The van der Waals surface area contributed by atoms with E-state index < -0.39 is 15.7 Å². The zero-order chi connectivity index (χ0) is 10.8. The molecule has 0 heterocycles. The van der Waals surface area contributed by atoms with E-state index in [1.807, 2.05) is 0 Å². The molecule has 0 aliphatic heterocycles. The largest absolute Gasteiger partial charge is 0.459 e. The van der Waals surface area contributed by atoms with Crippen molar-refractivity contribution in [1.82, 2.24) is 0 Å². The van der Waals surface area contributed by atoms with Gasteiger partial charge in [0.2, 0.25) is 0 Å². The van der Waals surface area contributed by atoms with Gasteiger partial charge >= 0.3 is 5.97 Å². The van der Waals surface area contributed by atoms with Crippen LogP contribution in [0.15, 0.2) is 12.2 Å². The van der Waals surface area contributed by atoms with E-state index in [2.05, 4.69) is 11.3 Å². The van der Waals surface area contributed by atoms with Crippen LogP contribution in [0, 0.1) is 11.3 Å². The molecule has 0 fully saturated rings. The summed E-state index contributed by atoms with van der Waals surface area (Å²) in [5.74, 6) is -0.715. The highest BCUT2D eigenvalue weighted by Crippen LogP contribution is 1.92. The van der Waals surface area contributed by atoms with Gasteiger partial charge in [0.25, 0.3) is 0 Å². The van der Waals surface area contributed by atoms with Gasteiger partial charge in [-0.15, -0.1) is 0 Å². The van der Waals surface area contributed by atoms with Gasteiger partial charge < -0.3 is 14.3 Å². The van der Waals surface area contributed by atoms with Crippen molar-refractivity contribution in [2.75, 3.05) is 19.8 Å². The fourth-order valence-corrected chi connectivity index (χ4v) is 0.928. The van der Waals surface area contributed by atoms with Gasteiger partial charge in [-0.3, -0.25) is 0 Å². The Balaban J connectivity index is 3.33. The van der Waals surface area contributed by atoms with Crippen molar-refractivity contribution in [1.29, 1.82) is 5.26 Å². The lowest BCUT2D eigenvalue weighted by Crippen LogP contribution is -2.12. The van der Waals surface area contributed by atoms with Crippen LogP contribution in [0.3, 0.4) is 0 Å². The lowest BCUT2D eigenvalue weighted by Gasteiger charge is -2.03. The van der Waals surface area contributed by atoms with Gasteiger partial charge in [-0.25, -0.2) is 4.79 Å². The Morgan fingerprint density at radius 2 is 2.21 bits per heavy atom. The molecule has 0 aromatic rings. The van der Waals surface area contributed by atoms with Crippen molar-refractivity contribution in [3.8, 4) is 6.07 Å². The van der Waals surface area contributed by atoms with E-state index in [1.54, 1.807) is 6.07 Å². The molecule has 14 heavy (non-hydrogen) atoms. The Bertz CT molecular complexity index is 236. The maximum absolute atomic E-state index is 10.8. The van der Waals surface area contributed by atoms with E-state index in [0.717, 1.165) is 0 Å². The van der Waals surface area contributed by atoms with Crippen LogP contribution < -0.4 is 0 Å². The first kappa shape index (κ1) is 12.8. The zero-order valence-corrected chi connectivity index (χ0v) is 9.28. The molecule has 0 unspecified atom stereocenters. The van der Waals surface area contributed by atoms with Crippen molar-refractivity contribution in [2.24, 2.45) is 0 Å². The Morgan fingerprint density at radius 3 is 2.79 bits per heavy atom. The van der Waals surface area contributed by atoms with E-state index in [4.69, 9.17) is 14.8 Å². The van der Waals surface area contributed by atoms with Crippen LogP contribution >= 0.6 is 0 Å². The Morgan fingerprint density at radius 1 is 1.50 bits per heavy atom. The van der Waals surface area contributed by atoms with Gasteiger partial charge in [0.15, 0.2) is 9.76 Å². The molecule has 0 spiro atoms. The van der Waals surface area contributed by atoms with Gasteiger partial charge in [-0.1, -0.05) is 6.58 Å². The molecule has 0 saturated carbocycles. The van der Waals surface area contributed by atoms with E-state index in [9.17, 15) is 4.79 Å². The first-order chi connectivity index (χ1) is 6.72. The number of hydrogen-bond acceptors (Lipinski definition) is 5. The van der Waals surface area contributed by atoms with Gasteiger partial charge in [-0.2, -0.15) is 5.26 Å². The molecule has 1 N–H and O–H groups in total. The highest BCUT2D eigenvalue weighted by Gasteiger charge is 2.06. The maximum Gasteiger partial charge on any atom is 0.348 e. The molecule has 0 aliphatic carbocycles. The smallest absolute Gasteiger partial charge is 0.348 e. The average Bonchev–Trinajstić information content (AvgIpc) is 2.21. The molecule has 0 aromatic heterocycles. The molecule has 0 saturated heterocycles. The summed E-state index contributed by atoms with van der Waals surface area (Å²) in [4.78, 5) is 19.4. The van der Waals surface area contributed by atoms with Gasteiger partial charge in [-0.05, 0) is 6.04 Å². The summed E-state index contributed by atoms with van der Waals surface area (Å²) >= 11 is 0. The summed E-state index contributed by atoms with van der Waals surface area (Å²) in [6.07, 6.45) is 0. The molecule has 0 atom stereocenters. The number of hydrogen-bond donors (Lipinski definition) is 1. The number of nitrogens with zero attached hydrogens (tertiary/aromatic N) is 1. The molecule has 0 aromatic carbocycles. The summed E-state index contributed by atoms with van der Waals surface area (Å²) in [5.41, 5.74) is -0.215. The number of rotatable bonds is 7. The maximum atomic E-state index is 10.8. The average molecular weight is 215 g/mol. The zero-order valence-electron chi connectivity index (χ0n) is 7.86. The van der Waals surface area contributed by atoms with E-state index in [-0.39, 0.29) is 18.8 Å².